The first-order chi connectivity index (χ1) is 19.5. The highest BCUT2D eigenvalue weighted by molar-refractivity contribution is 6.24. The number of likely N-dealkylation sites (tertiary alicyclic amines) is 1. The van der Waals surface area contributed by atoms with E-state index in [9.17, 15) is 19.2 Å². The minimum absolute atomic E-state index is 0.111. The van der Waals surface area contributed by atoms with Gasteiger partial charge in [0.15, 0.2) is 0 Å². The fraction of sp³-hybridized carbons (Fsp3) is 0.484. The molecule has 4 fully saturated rings. The normalized spacial score (nSPS) is 27.2. The van der Waals surface area contributed by atoms with Gasteiger partial charge in [-0.05, 0) is 54.9 Å². The number of imide groups is 2. The molecular weight excluding hydrogens is 508 g/mol. The fourth-order valence-corrected chi connectivity index (χ4v) is 7.26. The van der Waals surface area contributed by atoms with Gasteiger partial charge in [-0.2, -0.15) is 0 Å². The third-order valence-corrected chi connectivity index (χ3v) is 9.32. The number of hydrogen-bond acceptors (Lipinski definition) is 7. The Morgan fingerprint density at radius 1 is 0.800 bits per heavy atom. The number of rotatable bonds is 7. The van der Waals surface area contributed by atoms with Crippen molar-refractivity contribution in [1.29, 1.82) is 0 Å². The summed E-state index contributed by atoms with van der Waals surface area (Å²) in [4.78, 5) is 56.6. The molecule has 40 heavy (non-hydrogen) atoms. The topological polar surface area (TPSA) is 99.3 Å². The molecule has 0 radical (unpaired) electrons. The molecule has 4 amide bonds. The second kappa shape index (κ2) is 10.2. The molecule has 4 saturated heterocycles. The Morgan fingerprint density at radius 3 is 2.25 bits per heavy atom. The summed E-state index contributed by atoms with van der Waals surface area (Å²) >= 11 is 0. The van der Waals surface area contributed by atoms with Crippen LogP contribution >= 0.6 is 0 Å². The van der Waals surface area contributed by atoms with Crippen LogP contribution in [0.25, 0.3) is 0 Å². The lowest BCUT2D eigenvalue weighted by Crippen LogP contribution is -2.64. The highest BCUT2D eigenvalue weighted by Crippen LogP contribution is 2.34. The summed E-state index contributed by atoms with van der Waals surface area (Å²) in [5.41, 5.74) is 3.99. The molecule has 9 heteroatoms. The molecule has 5 aliphatic rings. The van der Waals surface area contributed by atoms with E-state index in [2.05, 4.69) is 39.4 Å². The number of nitrogens with zero attached hydrogens (tertiary/aromatic N) is 3. The number of morpholine rings is 1. The van der Waals surface area contributed by atoms with E-state index in [-0.39, 0.29) is 18.7 Å². The molecule has 3 atom stereocenters. The molecule has 1 N–H and O–H groups in total. The molecule has 208 valence electrons. The van der Waals surface area contributed by atoms with Gasteiger partial charge >= 0.3 is 0 Å². The van der Waals surface area contributed by atoms with Gasteiger partial charge in [0.25, 0.3) is 11.8 Å². The summed E-state index contributed by atoms with van der Waals surface area (Å²) in [7, 11) is 0. The number of aryl methyl sites for hydroxylation is 2. The quantitative estimate of drug-likeness (QED) is 0.534. The average Bonchev–Trinajstić information content (AvgIpc) is 3.32. The van der Waals surface area contributed by atoms with Crippen molar-refractivity contribution in [2.24, 2.45) is 0 Å². The fourth-order valence-electron chi connectivity index (χ4n) is 7.26. The number of piperidine rings is 1. The van der Waals surface area contributed by atoms with Crippen molar-refractivity contribution in [1.82, 2.24) is 20.0 Å². The van der Waals surface area contributed by atoms with Crippen LogP contribution in [0.2, 0.25) is 0 Å². The van der Waals surface area contributed by atoms with Crippen LogP contribution in [0.5, 0.6) is 0 Å². The summed E-state index contributed by atoms with van der Waals surface area (Å²) in [6.45, 7) is 4.98. The smallest absolute Gasteiger partial charge is 0.262 e. The zero-order chi connectivity index (χ0) is 27.4. The molecule has 0 aromatic heterocycles. The van der Waals surface area contributed by atoms with Crippen molar-refractivity contribution < 1.29 is 23.9 Å². The van der Waals surface area contributed by atoms with Crippen LogP contribution in [0, 0.1) is 0 Å². The highest BCUT2D eigenvalue weighted by Gasteiger charge is 2.46. The number of benzene rings is 2. The van der Waals surface area contributed by atoms with Crippen molar-refractivity contribution in [2.45, 2.75) is 69.2 Å². The first-order valence-electron chi connectivity index (χ1n) is 14.4. The summed E-state index contributed by atoms with van der Waals surface area (Å²) < 4.78 is 5.74. The molecule has 7 rings (SSSR count). The van der Waals surface area contributed by atoms with E-state index in [1.807, 2.05) is 6.07 Å². The summed E-state index contributed by atoms with van der Waals surface area (Å²) in [6, 6.07) is 14.9. The number of carbonyl (C=O) groups excluding carboxylic acids is 4. The van der Waals surface area contributed by atoms with Gasteiger partial charge in [0.05, 0.1) is 24.3 Å². The number of ether oxygens (including phenoxy) is 1. The van der Waals surface area contributed by atoms with E-state index < -0.39 is 23.8 Å². The lowest BCUT2D eigenvalue weighted by molar-refractivity contribution is -0.136. The highest BCUT2D eigenvalue weighted by atomic mass is 16.5. The number of hydrogen-bond donors (Lipinski definition) is 1. The van der Waals surface area contributed by atoms with Crippen LogP contribution < -0.4 is 5.32 Å². The average molecular weight is 543 g/mol. The minimum Gasteiger partial charge on any atom is -0.378 e. The molecule has 0 spiro atoms. The van der Waals surface area contributed by atoms with Crippen LogP contribution in [0.15, 0.2) is 42.5 Å². The second-order valence-corrected chi connectivity index (χ2v) is 11.8. The Hall–Kier alpha value is -3.40. The minimum atomic E-state index is -0.948. The van der Waals surface area contributed by atoms with Gasteiger partial charge in [-0.25, -0.2) is 0 Å². The van der Waals surface area contributed by atoms with Gasteiger partial charge in [-0.1, -0.05) is 36.4 Å². The van der Waals surface area contributed by atoms with E-state index in [1.165, 1.54) is 24.0 Å². The Morgan fingerprint density at radius 2 is 1.52 bits per heavy atom. The molecule has 2 aromatic rings. The Balaban J connectivity index is 0.956. The van der Waals surface area contributed by atoms with Crippen molar-refractivity contribution in [3.8, 4) is 0 Å². The van der Waals surface area contributed by atoms with Gasteiger partial charge in [0.2, 0.25) is 11.8 Å². The van der Waals surface area contributed by atoms with Crippen molar-refractivity contribution in [3.63, 3.8) is 0 Å². The second-order valence-electron chi connectivity index (χ2n) is 11.8. The Labute approximate surface area is 233 Å². The molecule has 5 aliphatic heterocycles. The molecule has 0 saturated carbocycles. The predicted molar refractivity (Wildman–Crippen MR) is 145 cm³/mol. The lowest BCUT2D eigenvalue weighted by Gasteiger charge is -2.49. The first-order valence-corrected chi connectivity index (χ1v) is 14.4. The number of fused-ring (bicyclic) bond motifs is 3. The van der Waals surface area contributed by atoms with Gasteiger partial charge < -0.3 is 4.74 Å². The number of nitrogens with one attached hydrogen (secondary N) is 1. The van der Waals surface area contributed by atoms with E-state index in [4.69, 9.17) is 4.74 Å². The number of carbonyl (C=O) groups is 4. The standard InChI is InChI=1S/C31H34N4O5/c36-27-13-12-26(29(37)32-27)35-30(38)25-3-1-2-21(28(25)31(35)39)9-8-19-4-6-20(7-5-19)14-33-15-24(16-33)34-22-10-11-23(34)18-40-17-22/h1-7,22-24,26H,8-18H2,(H,32,36,37). The molecule has 3 unspecified atom stereocenters. The van der Waals surface area contributed by atoms with Gasteiger partial charge in [-0.15, -0.1) is 0 Å². The monoisotopic (exact) mass is 542 g/mol. The van der Waals surface area contributed by atoms with Gasteiger partial charge in [0.1, 0.15) is 6.04 Å². The maximum atomic E-state index is 13.3. The van der Waals surface area contributed by atoms with E-state index >= 15 is 0 Å². The maximum Gasteiger partial charge on any atom is 0.262 e. The van der Waals surface area contributed by atoms with Crippen molar-refractivity contribution in [3.05, 3.63) is 70.3 Å². The van der Waals surface area contributed by atoms with Crippen LogP contribution in [-0.4, -0.2) is 88.8 Å². The third-order valence-electron chi connectivity index (χ3n) is 9.32. The zero-order valence-corrected chi connectivity index (χ0v) is 22.5. The van der Waals surface area contributed by atoms with Crippen molar-refractivity contribution in [2.75, 3.05) is 26.3 Å². The molecular formula is C31H34N4O5. The van der Waals surface area contributed by atoms with Gasteiger partial charge in [0, 0.05) is 44.2 Å². The van der Waals surface area contributed by atoms with Crippen LogP contribution in [-0.2, 0) is 33.7 Å². The predicted octanol–water partition coefficient (Wildman–Crippen LogP) is 1.92. The molecule has 9 nitrogen and oxygen atoms in total. The van der Waals surface area contributed by atoms with Crippen LogP contribution in [0.3, 0.4) is 0 Å². The van der Waals surface area contributed by atoms with E-state index in [0.29, 0.717) is 35.7 Å². The SMILES string of the molecule is O=C1CCC(N2C(=O)c3cccc(CCc4ccc(CN5CC(N6C7CCC6COC7)C5)cc4)c3C2=O)C(=O)N1. The summed E-state index contributed by atoms with van der Waals surface area (Å²) in [6.07, 6.45) is 4.17. The first kappa shape index (κ1) is 25.6. The molecule has 2 bridgehead atoms. The summed E-state index contributed by atoms with van der Waals surface area (Å²) in [5, 5.41) is 2.25. The van der Waals surface area contributed by atoms with Gasteiger partial charge in [-0.3, -0.25) is 39.2 Å². The Bertz CT molecular complexity index is 1350. The maximum absolute atomic E-state index is 13.3. The third kappa shape index (κ3) is 4.46. The van der Waals surface area contributed by atoms with E-state index in [0.717, 1.165) is 49.7 Å². The summed E-state index contributed by atoms with van der Waals surface area (Å²) in [5.74, 6) is -1.87. The largest absolute Gasteiger partial charge is 0.378 e. The zero-order valence-electron chi connectivity index (χ0n) is 22.5. The molecule has 5 heterocycles. The van der Waals surface area contributed by atoms with Crippen LogP contribution in [0.1, 0.15) is 63.1 Å². The van der Waals surface area contributed by atoms with Crippen LogP contribution in [0.4, 0.5) is 0 Å². The molecule has 2 aromatic carbocycles. The lowest BCUT2D eigenvalue weighted by atomic mass is 9.96. The molecule has 0 aliphatic carbocycles. The van der Waals surface area contributed by atoms with E-state index in [1.54, 1.807) is 12.1 Å². The Kier molecular flexibility index (Phi) is 6.53. The van der Waals surface area contributed by atoms with Crippen molar-refractivity contribution >= 4 is 23.6 Å². The number of amides is 4.